The highest BCUT2D eigenvalue weighted by molar-refractivity contribution is 7.98. The van der Waals surface area contributed by atoms with E-state index < -0.39 is 5.97 Å². The zero-order valence-corrected chi connectivity index (χ0v) is 11.2. The van der Waals surface area contributed by atoms with E-state index in [1.54, 1.807) is 25.3 Å². The van der Waals surface area contributed by atoms with Gasteiger partial charge in [-0.3, -0.25) is 9.59 Å². The summed E-state index contributed by atoms with van der Waals surface area (Å²) in [6.45, 7) is 2.13. The summed E-state index contributed by atoms with van der Waals surface area (Å²) < 4.78 is 0. The number of nitrogens with zero attached hydrogens (tertiary/aromatic N) is 1. The lowest BCUT2D eigenvalue weighted by atomic mass is 10.1. The molecule has 0 aromatic carbocycles. The fraction of sp³-hybridized carbons (Fsp3) is 0.417. The van der Waals surface area contributed by atoms with Crippen molar-refractivity contribution < 1.29 is 14.7 Å². The van der Waals surface area contributed by atoms with E-state index in [1.165, 1.54) is 11.8 Å². The van der Waals surface area contributed by atoms with E-state index in [2.05, 4.69) is 10.3 Å². The van der Waals surface area contributed by atoms with Gasteiger partial charge in [0.15, 0.2) is 0 Å². The number of rotatable bonds is 6. The molecule has 1 aromatic heterocycles. The number of hydrogen-bond donors (Lipinski definition) is 2. The molecule has 0 aliphatic carbocycles. The summed E-state index contributed by atoms with van der Waals surface area (Å²) in [7, 11) is 0. The fourth-order valence-corrected chi connectivity index (χ4v) is 2.01. The van der Waals surface area contributed by atoms with Gasteiger partial charge in [0, 0.05) is 19.2 Å². The third-order valence-corrected chi connectivity index (χ3v) is 3.06. The topological polar surface area (TPSA) is 79.3 Å². The van der Waals surface area contributed by atoms with Crippen LogP contribution in [0.3, 0.4) is 0 Å². The molecule has 0 saturated heterocycles. The maximum absolute atomic E-state index is 11.9. The third-order valence-electron chi connectivity index (χ3n) is 2.34. The van der Waals surface area contributed by atoms with Crippen LogP contribution >= 0.6 is 11.8 Å². The molecule has 0 fully saturated rings. The van der Waals surface area contributed by atoms with Crippen molar-refractivity contribution in [2.75, 3.05) is 12.8 Å². The van der Waals surface area contributed by atoms with E-state index in [4.69, 9.17) is 5.11 Å². The van der Waals surface area contributed by atoms with Crippen LogP contribution in [0.2, 0.25) is 0 Å². The van der Waals surface area contributed by atoms with Gasteiger partial charge >= 0.3 is 5.97 Å². The molecule has 6 heteroatoms. The normalized spacial score (nSPS) is 11.9. The first kappa shape index (κ1) is 14.5. The lowest BCUT2D eigenvalue weighted by Crippen LogP contribution is -2.29. The average molecular weight is 268 g/mol. The molecule has 98 valence electrons. The van der Waals surface area contributed by atoms with Gasteiger partial charge in [-0.05, 0) is 24.3 Å². The van der Waals surface area contributed by atoms with Crippen molar-refractivity contribution in [3.05, 3.63) is 23.9 Å². The second kappa shape index (κ2) is 7.00. The SMILES string of the molecule is CSc1ncccc1C(=O)NCC(C)CC(=O)O. The Balaban J connectivity index is 2.57. The number of carboxylic acids is 1. The van der Waals surface area contributed by atoms with Crippen molar-refractivity contribution in [3.63, 3.8) is 0 Å². The van der Waals surface area contributed by atoms with Gasteiger partial charge in [-0.2, -0.15) is 0 Å². The van der Waals surface area contributed by atoms with E-state index in [0.29, 0.717) is 17.1 Å². The van der Waals surface area contributed by atoms with Gasteiger partial charge in [0.2, 0.25) is 0 Å². The third kappa shape index (κ3) is 4.37. The van der Waals surface area contributed by atoms with Crippen molar-refractivity contribution in [1.29, 1.82) is 0 Å². The first-order valence-electron chi connectivity index (χ1n) is 5.53. The Bertz CT molecular complexity index is 437. The van der Waals surface area contributed by atoms with Crippen LogP contribution < -0.4 is 5.32 Å². The van der Waals surface area contributed by atoms with Gasteiger partial charge in [0.1, 0.15) is 5.03 Å². The molecule has 18 heavy (non-hydrogen) atoms. The largest absolute Gasteiger partial charge is 0.481 e. The molecular weight excluding hydrogens is 252 g/mol. The van der Waals surface area contributed by atoms with Crippen LogP contribution in [0.5, 0.6) is 0 Å². The molecule has 0 spiro atoms. The molecule has 0 aliphatic rings. The highest BCUT2D eigenvalue weighted by Crippen LogP contribution is 2.16. The summed E-state index contributed by atoms with van der Waals surface area (Å²) >= 11 is 1.40. The summed E-state index contributed by atoms with van der Waals surface area (Å²) in [6, 6.07) is 3.41. The Hall–Kier alpha value is -1.56. The number of carboxylic acid groups (broad SMARTS) is 1. The second-order valence-corrected chi connectivity index (χ2v) is 4.77. The van der Waals surface area contributed by atoms with E-state index in [1.807, 2.05) is 6.26 Å². The molecule has 5 nitrogen and oxygen atoms in total. The average Bonchev–Trinajstić information content (AvgIpc) is 2.35. The summed E-state index contributed by atoms with van der Waals surface area (Å²) in [5.41, 5.74) is 0.521. The number of nitrogens with one attached hydrogen (secondary N) is 1. The predicted molar refractivity (Wildman–Crippen MR) is 69.8 cm³/mol. The smallest absolute Gasteiger partial charge is 0.303 e. The monoisotopic (exact) mass is 268 g/mol. The van der Waals surface area contributed by atoms with Crippen LogP contribution in [0.4, 0.5) is 0 Å². The molecule has 1 rings (SSSR count). The zero-order chi connectivity index (χ0) is 13.5. The number of aromatic nitrogens is 1. The van der Waals surface area contributed by atoms with E-state index in [0.717, 1.165) is 0 Å². The molecule has 1 amide bonds. The van der Waals surface area contributed by atoms with Gasteiger partial charge < -0.3 is 10.4 Å². The Morgan fingerprint density at radius 2 is 2.28 bits per heavy atom. The lowest BCUT2D eigenvalue weighted by molar-refractivity contribution is -0.137. The Morgan fingerprint density at radius 3 is 2.89 bits per heavy atom. The highest BCUT2D eigenvalue weighted by Gasteiger charge is 2.13. The van der Waals surface area contributed by atoms with Crippen LogP contribution in [0, 0.1) is 5.92 Å². The minimum absolute atomic E-state index is 0.0443. The molecule has 2 N–H and O–H groups in total. The summed E-state index contributed by atoms with van der Waals surface area (Å²) in [5, 5.41) is 12.0. The minimum Gasteiger partial charge on any atom is -0.481 e. The quantitative estimate of drug-likeness (QED) is 0.767. The maximum Gasteiger partial charge on any atom is 0.303 e. The van der Waals surface area contributed by atoms with Crippen molar-refractivity contribution in [3.8, 4) is 0 Å². The molecule has 1 aromatic rings. The second-order valence-electron chi connectivity index (χ2n) is 3.97. The number of hydrogen-bond acceptors (Lipinski definition) is 4. The van der Waals surface area contributed by atoms with Gasteiger partial charge in [-0.1, -0.05) is 6.92 Å². The van der Waals surface area contributed by atoms with Gasteiger partial charge in [-0.25, -0.2) is 4.98 Å². The molecular formula is C12H16N2O3S. The summed E-state index contributed by atoms with van der Waals surface area (Å²) in [5.74, 6) is -1.17. The Morgan fingerprint density at radius 1 is 1.56 bits per heavy atom. The first-order valence-corrected chi connectivity index (χ1v) is 6.76. The molecule has 1 unspecified atom stereocenters. The number of amides is 1. The Kier molecular flexibility index (Phi) is 5.64. The molecule has 0 aliphatic heterocycles. The molecule has 0 saturated carbocycles. The van der Waals surface area contributed by atoms with Crippen molar-refractivity contribution in [2.24, 2.45) is 5.92 Å². The minimum atomic E-state index is -0.858. The van der Waals surface area contributed by atoms with Crippen LogP contribution in [0.25, 0.3) is 0 Å². The van der Waals surface area contributed by atoms with E-state index in [9.17, 15) is 9.59 Å². The standard InChI is InChI=1S/C12H16N2O3S/c1-8(6-10(15)16)7-14-11(17)9-4-3-5-13-12(9)18-2/h3-5,8H,6-7H2,1-2H3,(H,14,17)(H,15,16). The number of aliphatic carboxylic acids is 1. The van der Waals surface area contributed by atoms with Crippen molar-refractivity contribution in [1.82, 2.24) is 10.3 Å². The number of carbonyl (C=O) groups is 2. The summed E-state index contributed by atoms with van der Waals surface area (Å²) in [4.78, 5) is 26.5. The maximum atomic E-state index is 11.9. The number of pyridine rings is 1. The number of carbonyl (C=O) groups excluding carboxylic acids is 1. The highest BCUT2D eigenvalue weighted by atomic mass is 32.2. The Labute approximate surface area is 110 Å². The van der Waals surface area contributed by atoms with E-state index >= 15 is 0 Å². The van der Waals surface area contributed by atoms with Crippen LogP contribution in [0.1, 0.15) is 23.7 Å². The van der Waals surface area contributed by atoms with Crippen molar-refractivity contribution in [2.45, 2.75) is 18.4 Å². The van der Waals surface area contributed by atoms with Crippen LogP contribution in [-0.2, 0) is 4.79 Å². The lowest BCUT2D eigenvalue weighted by Gasteiger charge is -2.11. The van der Waals surface area contributed by atoms with Crippen molar-refractivity contribution >= 4 is 23.6 Å². The van der Waals surface area contributed by atoms with Crippen LogP contribution in [-0.4, -0.2) is 34.8 Å². The molecule has 1 atom stereocenters. The van der Waals surface area contributed by atoms with Crippen LogP contribution in [0.15, 0.2) is 23.4 Å². The predicted octanol–water partition coefficient (Wildman–Crippen LogP) is 1.64. The van der Waals surface area contributed by atoms with E-state index in [-0.39, 0.29) is 18.2 Å². The van der Waals surface area contributed by atoms with Gasteiger partial charge in [-0.15, -0.1) is 11.8 Å². The number of thioether (sulfide) groups is 1. The molecule has 1 heterocycles. The molecule has 0 radical (unpaired) electrons. The first-order chi connectivity index (χ1) is 8.54. The summed E-state index contributed by atoms with van der Waals surface area (Å²) in [6.07, 6.45) is 3.53. The van der Waals surface area contributed by atoms with Gasteiger partial charge in [0.05, 0.1) is 5.56 Å². The fourth-order valence-electron chi connectivity index (χ4n) is 1.46. The molecule has 0 bridgehead atoms. The zero-order valence-electron chi connectivity index (χ0n) is 10.3. The van der Waals surface area contributed by atoms with Gasteiger partial charge in [0.25, 0.3) is 5.91 Å².